The van der Waals surface area contributed by atoms with Crippen LogP contribution in [0.4, 0.5) is 0 Å². The molecule has 0 amide bonds. The van der Waals surface area contributed by atoms with Crippen LogP contribution >= 0.6 is 0 Å². The first-order valence-electron chi connectivity index (χ1n) is 6.60. The summed E-state index contributed by atoms with van der Waals surface area (Å²) in [7, 11) is 1.61. The molecule has 0 atom stereocenters. The molecule has 5 nitrogen and oxygen atoms in total. The fourth-order valence-electron chi connectivity index (χ4n) is 2.16. The number of benzene rings is 1. The number of methoxy groups -OCH3 is 1. The molecule has 0 spiro atoms. The van der Waals surface area contributed by atoms with E-state index in [1.54, 1.807) is 19.2 Å². The molecular formula is C16H17NO4. The van der Waals surface area contributed by atoms with Gasteiger partial charge in [-0.25, -0.2) is 0 Å². The molecule has 5 heteroatoms. The van der Waals surface area contributed by atoms with Crippen molar-refractivity contribution in [2.24, 2.45) is 0 Å². The molecule has 0 radical (unpaired) electrons. The first-order chi connectivity index (χ1) is 10.0. The zero-order chi connectivity index (χ0) is 15.4. The van der Waals surface area contributed by atoms with E-state index in [0.717, 1.165) is 16.9 Å². The molecule has 0 aliphatic carbocycles. The monoisotopic (exact) mass is 287 g/mol. The van der Waals surface area contributed by atoms with Gasteiger partial charge in [0.2, 0.25) is 0 Å². The predicted molar refractivity (Wildman–Crippen MR) is 79.7 cm³/mol. The summed E-state index contributed by atoms with van der Waals surface area (Å²) in [6.45, 7) is 1.93. The third-order valence-corrected chi connectivity index (χ3v) is 3.31. The highest BCUT2D eigenvalue weighted by molar-refractivity contribution is 5.67. The Bertz CT molecular complexity index is 718. The second kappa shape index (κ2) is 6.26. The Labute approximate surface area is 122 Å². The van der Waals surface area contributed by atoms with E-state index in [9.17, 15) is 9.59 Å². The normalized spacial score (nSPS) is 10.4. The molecule has 0 saturated heterocycles. The molecule has 110 valence electrons. The van der Waals surface area contributed by atoms with Gasteiger partial charge in [0.25, 0.3) is 5.56 Å². The fraction of sp³-hybridized carbons (Fsp3) is 0.250. The van der Waals surface area contributed by atoms with E-state index in [-0.39, 0.29) is 18.4 Å². The van der Waals surface area contributed by atoms with Gasteiger partial charge in [0.15, 0.2) is 0 Å². The number of aromatic amines is 1. The summed E-state index contributed by atoms with van der Waals surface area (Å²) in [5.41, 5.74) is 2.79. The van der Waals surface area contributed by atoms with E-state index in [4.69, 9.17) is 9.84 Å². The SMILES string of the molecule is COc1ccc(-c2ccc(CCC(=O)O)c(=O)[nH]2)cc1C. The third kappa shape index (κ3) is 3.51. The lowest BCUT2D eigenvalue weighted by Crippen LogP contribution is -2.14. The number of hydrogen-bond acceptors (Lipinski definition) is 3. The first kappa shape index (κ1) is 14.8. The summed E-state index contributed by atoms with van der Waals surface area (Å²) < 4.78 is 5.21. The summed E-state index contributed by atoms with van der Waals surface area (Å²) in [5, 5.41) is 8.65. The molecule has 0 bridgehead atoms. The van der Waals surface area contributed by atoms with Crippen molar-refractivity contribution < 1.29 is 14.6 Å². The lowest BCUT2D eigenvalue weighted by molar-refractivity contribution is -0.136. The summed E-state index contributed by atoms with van der Waals surface area (Å²) in [5.74, 6) is -0.122. The minimum absolute atomic E-state index is 0.0515. The van der Waals surface area contributed by atoms with E-state index < -0.39 is 5.97 Å². The summed E-state index contributed by atoms with van der Waals surface area (Å²) >= 11 is 0. The Balaban J connectivity index is 2.29. The van der Waals surface area contributed by atoms with Crippen LogP contribution in [0.2, 0.25) is 0 Å². The number of ether oxygens (including phenoxy) is 1. The number of pyridine rings is 1. The van der Waals surface area contributed by atoms with Gasteiger partial charge in [-0.1, -0.05) is 6.07 Å². The summed E-state index contributed by atoms with van der Waals surface area (Å²) in [6, 6.07) is 9.12. The number of nitrogens with one attached hydrogen (secondary N) is 1. The number of rotatable bonds is 5. The number of carbonyl (C=O) groups is 1. The standard InChI is InChI=1S/C16H17NO4/c1-10-9-12(4-7-14(10)21-2)13-6-3-11(16(20)17-13)5-8-15(18)19/h3-4,6-7,9H,5,8H2,1-2H3,(H,17,20)(H,18,19). The van der Waals surface area contributed by atoms with Gasteiger partial charge < -0.3 is 14.8 Å². The van der Waals surface area contributed by atoms with Crippen molar-refractivity contribution in [3.63, 3.8) is 0 Å². The van der Waals surface area contributed by atoms with E-state index >= 15 is 0 Å². The third-order valence-electron chi connectivity index (χ3n) is 3.31. The Morgan fingerprint density at radius 1 is 1.29 bits per heavy atom. The van der Waals surface area contributed by atoms with Crippen molar-refractivity contribution in [3.8, 4) is 17.0 Å². The van der Waals surface area contributed by atoms with Gasteiger partial charge in [-0.3, -0.25) is 9.59 Å². The molecule has 2 N–H and O–H groups in total. The summed E-state index contributed by atoms with van der Waals surface area (Å²) in [6.07, 6.45) is 0.177. The fourth-order valence-corrected chi connectivity index (χ4v) is 2.16. The maximum Gasteiger partial charge on any atom is 0.303 e. The Hall–Kier alpha value is -2.56. The quantitative estimate of drug-likeness (QED) is 0.885. The molecule has 0 aliphatic rings. The van der Waals surface area contributed by atoms with E-state index in [0.29, 0.717) is 11.3 Å². The van der Waals surface area contributed by atoms with Crippen LogP contribution in [0.25, 0.3) is 11.3 Å². The van der Waals surface area contributed by atoms with Crippen LogP contribution in [0.1, 0.15) is 17.5 Å². The molecule has 0 unspecified atom stereocenters. The van der Waals surface area contributed by atoms with E-state index in [2.05, 4.69) is 4.98 Å². The van der Waals surface area contributed by atoms with Gasteiger partial charge in [-0.05, 0) is 48.7 Å². The van der Waals surface area contributed by atoms with Gasteiger partial charge in [-0.2, -0.15) is 0 Å². The second-order valence-corrected chi connectivity index (χ2v) is 4.80. The molecule has 21 heavy (non-hydrogen) atoms. The van der Waals surface area contributed by atoms with Crippen molar-refractivity contribution in [3.05, 3.63) is 51.8 Å². The van der Waals surface area contributed by atoms with Crippen molar-refractivity contribution in [1.82, 2.24) is 4.98 Å². The van der Waals surface area contributed by atoms with Crippen LogP contribution in [0.3, 0.4) is 0 Å². The van der Waals surface area contributed by atoms with Crippen molar-refractivity contribution in [2.75, 3.05) is 7.11 Å². The first-order valence-corrected chi connectivity index (χ1v) is 6.60. The number of carboxylic acids is 1. The number of aliphatic carboxylic acids is 1. The molecular weight excluding hydrogens is 270 g/mol. The highest BCUT2D eigenvalue weighted by Gasteiger charge is 2.07. The zero-order valence-electron chi connectivity index (χ0n) is 12.0. The predicted octanol–water partition coefficient (Wildman–Crippen LogP) is 2.38. The number of carboxylic acid groups (broad SMARTS) is 1. The van der Waals surface area contributed by atoms with Gasteiger partial charge >= 0.3 is 5.97 Å². The smallest absolute Gasteiger partial charge is 0.303 e. The molecule has 1 aromatic heterocycles. The number of H-pyrrole nitrogens is 1. The zero-order valence-corrected chi connectivity index (χ0v) is 12.0. The molecule has 0 saturated carbocycles. The van der Waals surface area contributed by atoms with E-state index in [1.165, 1.54) is 0 Å². The number of aromatic nitrogens is 1. The second-order valence-electron chi connectivity index (χ2n) is 4.80. The molecule has 2 rings (SSSR count). The van der Waals surface area contributed by atoms with Crippen LogP contribution in [0.5, 0.6) is 5.75 Å². The molecule has 2 aromatic rings. The average molecular weight is 287 g/mol. The molecule has 0 fully saturated rings. The van der Waals surface area contributed by atoms with Gasteiger partial charge in [-0.15, -0.1) is 0 Å². The Morgan fingerprint density at radius 2 is 2.05 bits per heavy atom. The van der Waals surface area contributed by atoms with Crippen LogP contribution in [-0.2, 0) is 11.2 Å². The average Bonchev–Trinajstić information content (AvgIpc) is 2.45. The maximum atomic E-state index is 12.0. The van der Waals surface area contributed by atoms with Gasteiger partial charge in [0, 0.05) is 17.7 Å². The molecule has 0 aliphatic heterocycles. The number of hydrogen-bond donors (Lipinski definition) is 2. The topological polar surface area (TPSA) is 79.4 Å². The summed E-state index contributed by atoms with van der Waals surface area (Å²) in [4.78, 5) is 25.3. The van der Waals surface area contributed by atoms with Gasteiger partial charge in [0.05, 0.1) is 7.11 Å². The van der Waals surface area contributed by atoms with Crippen LogP contribution in [0, 0.1) is 6.92 Å². The lowest BCUT2D eigenvalue weighted by atomic mass is 10.1. The highest BCUT2D eigenvalue weighted by atomic mass is 16.5. The van der Waals surface area contributed by atoms with Crippen LogP contribution in [-0.4, -0.2) is 23.2 Å². The Kier molecular flexibility index (Phi) is 4.42. The number of aryl methyl sites for hydroxylation is 2. The molecule has 1 aromatic carbocycles. The highest BCUT2D eigenvalue weighted by Crippen LogP contribution is 2.24. The van der Waals surface area contributed by atoms with Crippen LogP contribution in [0.15, 0.2) is 35.1 Å². The maximum absolute atomic E-state index is 12.0. The largest absolute Gasteiger partial charge is 0.496 e. The lowest BCUT2D eigenvalue weighted by Gasteiger charge is -2.08. The van der Waals surface area contributed by atoms with Crippen molar-refractivity contribution >= 4 is 5.97 Å². The van der Waals surface area contributed by atoms with E-state index in [1.807, 2.05) is 25.1 Å². The van der Waals surface area contributed by atoms with Gasteiger partial charge in [0.1, 0.15) is 5.75 Å². The van der Waals surface area contributed by atoms with Crippen molar-refractivity contribution in [1.29, 1.82) is 0 Å². The molecule has 1 heterocycles. The van der Waals surface area contributed by atoms with Crippen LogP contribution < -0.4 is 10.3 Å². The minimum atomic E-state index is -0.913. The Morgan fingerprint density at radius 3 is 2.62 bits per heavy atom. The van der Waals surface area contributed by atoms with Crippen molar-refractivity contribution in [2.45, 2.75) is 19.8 Å². The minimum Gasteiger partial charge on any atom is -0.496 e.